The summed E-state index contributed by atoms with van der Waals surface area (Å²) in [5, 5.41) is 0. The SMILES string of the molecule is O=C1CCN(c2ccc(C#CCCCI)cc2)C(=O)C1. The Bertz CT molecular complexity index is 554. The van der Waals surface area contributed by atoms with Crippen LogP contribution in [0.1, 0.15) is 31.2 Å². The van der Waals surface area contributed by atoms with Gasteiger partial charge in [0.2, 0.25) is 5.91 Å². The van der Waals surface area contributed by atoms with E-state index >= 15 is 0 Å². The van der Waals surface area contributed by atoms with E-state index in [1.54, 1.807) is 4.90 Å². The van der Waals surface area contributed by atoms with Crippen LogP contribution in [0.5, 0.6) is 0 Å². The molecule has 2 rings (SSSR count). The average molecular weight is 381 g/mol. The Morgan fingerprint density at radius 2 is 1.95 bits per heavy atom. The van der Waals surface area contributed by atoms with E-state index in [1.165, 1.54) is 0 Å². The number of nitrogens with zero attached hydrogens (tertiary/aromatic N) is 1. The summed E-state index contributed by atoms with van der Waals surface area (Å²) in [6.07, 6.45) is 2.50. The molecule has 1 amide bonds. The lowest BCUT2D eigenvalue weighted by molar-refractivity contribution is -0.128. The van der Waals surface area contributed by atoms with Crippen LogP contribution in [0.25, 0.3) is 0 Å². The Morgan fingerprint density at radius 1 is 1.20 bits per heavy atom. The predicted octanol–water partition coefficient (Wildman–Crippen LogP) is 2.95. The summed E-state index contributed by atoms with van der Waals surface area (Å²) in [5.41, 5.74) is 1.81. The summed E-state index contributed by atoms with van der Waals surface area (Å²) in [4.78, 5) is 24.7. The highest BCUT2D eigenvalue weighted by Gasteiger charge is 2.24. The van der Waals surface area contributed by atoms with E-state index in [2.05, 4.69) is 34.4 Å². The molecule has 0 unspecified atom stereocenters. The fraction of sp³-hybridized carbons (Fsp3) is 0.375. The molecule has 1 aliphatic heterocycles. The van der Waals surface area contributed by atoms with Gasteiger partial charge in [0.1, 0.15) is 5.78 Å². The molecule has 0 aromatic heterocycles. The molecule has 1 saturated heterocycles. The normalized spacial score (nSPS) is 14.9. The van der Waals surface area contributed by atoms with Crippen molar-refractivity contribution in [2.75, 3.05) is 15.9 Å². The molecule has 0 N–H and O–H groups in total. The quantitative estimate of drug-likeness (QED) is 0.266. The Morgan fingerprint density at radius 3 is 2.60 bits per heavy atom. The van der Waals surface area contributed by atoms with E-state index in [4.69, 9.17) is 0 Å². The molecule has 1 heterocycles. The van der Waals surface area contributed by atoms with Gasteiger partial charge in [0.05, 0.1) is 6.42 Å². The monoisotopic (exact) mass is 381 g/mol. The number of carbonyl (C=O) groups excluding carboxylic acids is 2. The number of alkyl halides is 1. The molecule has 0 bridgehead atoms. The minimum Gasteiger partial charge on any atom is -0.312 e. The molecule has 20 heavy (non-hydrogen) atoms. The molecule has 0 spiro atoms. The van der Waals surface area contributed by atoms with Crippen molar-refractivity contribution in [2.45, 2.75) is 25.7 Å². The molecule has 1 aromatic rings. The first-order valence-electron chi connectivity index (χ1n) is 6.67. The third kappa shape index (κ3) is 4.07. The molecule has 0 aliphatic carbocycles. The van der Waals surface area contributed by atoms with Crippen LogP contribution >= 0.6 is 22.6 Å². The van der Waals surface area contributed by atoms with E-state index < -0.39 is 0 Å². The van der Waals surface area contributed by atoms with Crippen LogP contribution in [0.4, 0.5) is 5.69 Å². The third-order valence-electron chi connectivity index (χ3n) is 3.11. The zero-order valence-electron chi connectivity index (χ0n) is 11.2. The van der Waals surface area contributed by atoms with Crippen LogP contribution in [0.2, 0.25) is 0 Å². The Balaban J connectivity index is 2.02. The number of anilines is 1. The third-order valence-corrected chi connectivity index (χ3v) is 3.87. The molecule has 1 fully saturated rings. The summed E-state index contributed by atoms with van der Waals surface area (Å²) in [6, 6.07) is 7.65. The van der Waals surface area contributed by atoms with Crippen molar-refractivity contribution in [1.29, 1.82) is 0 Å². The number of hydrogen-bond acceptors (Lipinski definition) is 2. The highest BCUT2D eigenvalue weighted by Crippen LogP contribution is 2.19. The molecule has 4 heteroatoms. The second-order valence-electron chi connectivity index (χ2n) is 4.65. The van der Waals surface area contributed by atoms with Gasteiger partial charge in [0.25, 0.3) is 0 Å². The van der Waals surface area contributed by atoms with Gasteiger partial charge in [-0.25, -0.2) is 0 Å². The number of Topliss-reactive ketones (excluding diaryl/α,β-unsaturated/α-hetero) is 1. The fourth-order valence-corrected chi connectivity index (χ4v) is 2.41. The smallest absolute Gasteiger partial charge is 0.234 e. The maximum absolute atomic E-state index is 11.8. The van der Waals surface area contributed by atoms with Crippen molar-refractivity contribution in [3.63, 3.8) is 0 Å². The lowest BCUT2D eigenvalue weighted by atomic mass is 10.1. The van der Waals surface area contributed by atoms with Crippen LogP contribution in [-0.4, -0.2) is 22.7 Å². The number of amides is 1. The highest BCUT2D eigenvalue weighted by atomic mass is 127. The molecular formula is C16H16INO2. The largest absolute Gasteiger partial charge is 0.312 e. The summed E-state index contributed by atoms with van der Waals surface area (Å²) in [5.74, 6) is 6.18. The Hall–Kier alpha value is -1.35. The molecule has 3 nitrogen and oxygen atoms in total. The van der Waals surface area contributed by atoms with Gasteiger partial charge in [0, 0.05) is 35.1 Å². The molecule has 0 saturated carbocycles. The minimum atomic E-state index is -0.109. The van der Waals surface area contributed by atoms with E-state index in [0.29, 0.717) is 13.0 Å². The molecular weight excluding hydrogens is 365 g/mol. The van der Waals surface area contributed by atoms with Crippen LogP contribution in [0.15, 0.2) is 24.3 Å². The number of piperidine rings is 1. The number of halogens is 1. The number of hydrogen-bond donors (Lipinski definition) is 0. The second kappa shape index (κ2) is 7.44. The van der Waals surface area contributed by atoms with Gasteiger partial charge < -0.3 is 4.90 Å². The predicted molar refractivity (Wildman–Crippen MR) is 88.0 cm³/mol. The maximum Gasteiger partial charge on any atom is 0.234 e. The number of ketones is 1. The summed E-state index contributed by atoms with van der Waals surface area (Å²) >= 11 is 2.34. The Kier molecular flexibility index (Phi) is 5.60. The van der Waals surface area contributed by atoms with Gasteiger partial charge in [-0.2, -0.15) is 0 Å². The molecule has 0 atom stereocenters. The van der Waals surface area contributed by atoms with Gasteiger partial charge in [-0.1, -0.05) is 34.4 Å². The topological polar surface area (TPSA) is 37.4 Å². The number of unbranched alkanes of at least 4 members (excludes halogenated alkanes) is 1. The first-order valence-corrected chi connectivity index (χ1v) is 8.20. The van der Waals surface area contributed by atoms with Crippen molar-refractivity contribution in [1.82, 2.24) is 0 Å². The van der Waals surface area contributed by atoms with E-state index in [9.17, 15) is 9.59 Å². The molecule has 1 aliphatic rings. The molecule has 1 aromatic carbocycles. The minimum absolute atomic E-state index is 0.0257. The van der Waals surface area contributed by atoms with Crippen LogP contribution in [-0.2, 0) is 9.59 Å². The number of rotatable bonds is 3. The zero-order valence-corrected chi connectivity index (χ0v) is 13.4. The lowest BCUT2D eigenvalue weighted by Crippen LogP contribution is -2.38. The summed E-state index contributed by atoms with van der Waals surface area (Å²) in [7, 11) is 0. The van der Waals surface area contributed by atoms with Crippen molar-refractivity contribution < 1.29 is 9.59 Å². The lowest BCUT2D eigenvalue weighted by Gasteiger charge is -2.26. The van der Waals surface area contributed by atoms with Crippen LogP contribution < -0.4 is 4.90 Å². The molecule has 0 radical (unpaired) electrons. The van der Waals surface area contributed by atoms with Gasteiger partial charge >= 0.3 is 0 Å². The van der Waals surface area contributed by atoms with Crippen molar-refractivity contribution in [3.05, 3.63) is 29.8 Å². The Labute approximate surface area is 132 Å². The van der Waals surface area contributed by atoms with Crippen molar-refractivity contribution in [3.8, 4) is 11.8 Å². The summed E-state index contributed by atoms with van der Waals surface area (Å²) < 4.78 is 1.13. The van der Waals surface area contributed by atoms with Crippen molar-refractivity contribution >= 4 is 40.0 Å². The van der Waals surface area contributed by atoms with E-state index in [-0.39, 0.29) is 18.1 Å². The van der Waals surface area contributed by atoms with Gasteiger partial charge in [0.15, 0.2) is 0 Å². The van der Waals surface area contributed by atoms with Gasteiger partial charge in [-0.3, -0.25) is 9.59 Å². The standard InChI is InChI=1S/C16H16INO2/c17-10-3-1-2-4-13-5-7-14(8-6-13)18-11-9-15(19)12-16(18)20/h5-8H,1,3,9-12H2. The van der Waals surface area contributed by atoms with Gasteiger partial charge in [-0.15, -0.1) is 0 Å². The van der Waals surface area contributed by atoms with Crippen molar-refractivity contribution in [2.24, 2.45) is 0 Å². The van der Waals surface area contributed by atoms with Gasteiger partial charge in [-0.05, 0) is 30.7 Å². The number of carbonyl (C=O) groups is 2. The van der Waals surface area contributed by atoms with E-state index in [1.807, 2.05) is 24.3 Å². The average Bonchev–Trinajstić information content (AvgIpc) is 2.45. The summed E-state index contributed by atoms with van der Waals surface area (Å²) in [6.45, 7) is 0.484. The first-order chi connectivity index (χ1) is 9.70. The number of benzene rings is 1. The molecule has 104 valence electrons. The fourth-order valence-electron chi connectivity index (χ4n) is 2.03. The zero-order chi connectivity index (χ0) is 14.4. The second-order valence-corrected chi connectivity index (χ2v) is 5.73. The van der Waals surface area contributed by atoms with E-state index in [0.717, 1.165) is 28.5 Å². The first kappa shape index (κ1) is 15.0. The van der Waals surface area contributed by atoms with Crippen LogP contribution in [0, 0.1) is 11.8 Å². The highest BCUT2D eigenvalue weighted by molar-refractivity contribution is 14.1. The maximum atomic E-state index is 11.8. The van der Waals surface area contributed by atoms with Crippen LogP contribution in [0.3, 0.4) is 0 Å².